The Morgan fingerprint density at radius 3 is 2.07 bits per heavy atom. The Hall–Kier alpha value is -3.11. The van der Waals surface area contributed by atoms with Crippen LogP contribution in [0.5, 0.6) is 0 Å². The maximum absolute atomic E-state index is 13.3. The van der Waals surface area contributed by atoms with Gasteiger partial charge in [-0.25, -0.2) is 0 Å². The summed E-state index contributed by atoms with van der Waals surface area (Å²) in [6.07, 6.45) is -4.80. The van der Waals surface area contributed by atoms with Crippen molar-refractivity contribution >= 4 is 16.7 Å². The van der Waals surface area contributed by atoms with Crippen LogP contribution in [0.2, 0.25) is 0 Å². The molecule has 2 aliphatic heterocycles. The Morgan fingerprint density at radius 1 is 0.810 bits per heavy atom. The molecule has 5 rings (SSSR count). The van der Waals surface area contributed by atoms with Gasteiger partial charge in [-0.05, 0) is 78.9 Å². The summed E-state index contributed by atoms with van der Waals surface area (Å²) in [5.41, 5.74) is -2.15. The quantitative estimate of drug-likeness (QED) is 0.295. The van der Waals surface area contributed by atoms with Crippen molar-refractivity contribution < 1.29 is 31.1 Å². The number of halogens is 6. The summed E-state index contributed by atoms with van der Waals surface area (Å²) < 4.78 is 79.9. The number of alkyl halides is 6. The second-order valence-electron chi connectivity index (χ2n) is 11.3. The number of rotatable bonds is 7. The lowest BCUT2D eigenvalue weighted by Crippen LogP contribution is -2.49. The molecule has 1 amide bonds. The lowest BCUT2D eigenvalue weighted by molar-refractivity contribution is -0.143. The van der Waals surface area contributed by atoms with Gasteiger partial charge in [0.05, 0.1) is 23.6 Å². The molecule has 10 heteroatoms. The Morgan fingerprint density at radius 2 is 1.43 bits per heavy atom. The number of nitrogens with one attached hydrogen (secondary N) is 1. The zero-order valence-electron chi connectivity index (χ0n) is 23.3. The van der Waals surface area contributed by atoms with Crippen LogP contribution in [0.15, 0.2) is 60.7 Å². The number of nitrogens with zero attached hydrogens (tertiary/aromatic N) is 2. The van der Waals surface area contributed by atoms with Crippen LogP contribution < -0.4 is 5.32 Å². The number of hydrogen-bond donors (Lipinski definition) is 1. The van der Waals surface area contributed by atoms with Crippen LogP contribution in [-0.2, 0) is 23.6 Å². The molecule has 0 bridgehead atoms. The van der Waals surface area contributed by atoms with E-state index in [4.69, 9.17) is 0 Å². The third-order valence-electron chi connectivity index (χ3n) is 8.53. The summed E-state index contributed by atoms with van der Waals surface area (Å²) >= 11 is 0. The molecule has 3 aromatic rings. The van der Waals surface area contributed by atoms with E-state index in [1.165, 1.54) is 19.3 Å². The maximum atomic E-state index is 13.3. The van der Waals surface area contributed by atoms with Crippen molar-refractivity contribution in [2.75, 3.05) is 32.7 Å². The highest BCUT2D eigenvalue weighted by Crippen LogP contribution is 2.37. The first-order chi connectivity index (χ1) is 20.0. The van der Waals surface area contributed by atoms with Crippen molar-refractivity contribution in [2.45, 2.75) is 63.0 Å². The topological polar surface area (TPSA) is 35.6 Å². The Balaban J connectivity index is 1.34. The van der Waals surface area contributed by atoms with Gasteiger partial charge < -0.3 is 10.2 Å². The van der Waals surface area contributed by atoms with E-state index < -0.39 is 35.8 Å². The van der Waals surface area contributed by atoms with Crippen LogP contribution in [0.4, 0.5) is 26.3 Å². The summed E-state index contributed by atoms with van der Waals surface area (Å²) in [4.78, 5) is 17.9. The predicted molar refractivity (Wildman–Crippen MR) is 150 cm³/mol. The van der Waals surface area contributed by atoms with Crippen LogP contribution in [-0.4, -0.2) is 54.5 Å². The standard InChI is InChI=1S/C32H35F6N3O/c33-31(34,35)24-17-22(18-25(20-24)32(36,37)38)19-30(42)39-21-29(28-10-6-8-23-7-2-3-9-27(23)28)41-15-11-26(12-16-41)40-13-4-1-5-14-40/h2-3,6-10,17-18,20,26,29H,1,4-5,11-16,19,21H2,(H,39,42). The Kier molecular flexibility index (Phi) is 9.13. The van der Waals surface area contributed by atoms with Crippen molar-refractivity contribution in [3.8, 4) is 0 Å². The number of carbonyl (C=O) groups is 1. The number of piperidine rings is 2. The van der Waals surface area contributed by atoms with Crippen LogP contribution in [0.1, 0.15) is 60.4 Å². The molecule has 0 saturated carbocycles. The van der Waals surface area contributed by atoms with Crippen LogP contribution in [0, 0.1) is 0 Å². The molecule has 2 aliphatic rings. The van der Waals surface area contributed by atoms with E-state index in [-0.39, 0.29) is 24.2 Å². The fourth-order valence-corrected chi connectivity index (χ4v) is 6.40. The molecule has 0 aliphatic carbocycles. The molecule has 3 aromatic carbocycles. The van der Waals surface area contributed by atoms with E-state index in [9.17, 15) is 31.1 Å². The van der Waals surface area contributed by atoms with Crippen molar-refractivity contribution in [3.05, 3.63) is 82.9 Å². The SMILES string of the molecule is O=C(Cc1cc(C(F)(F)F)cc(C(F)(F)F)c1)NCC(c1cccc2ccccc12)N1CCC(N2CCCCC2)CC1. The predicted octanol–water partition coefficient (Wildman–Crippen LogP) is 7.23. The Bertz CT molecular complexity index is 1340. The van der Waals surface area contributed by atoms with Gasteiger partial charge in [0.1, 0.15) is 0 Å². The van der Waals surface area contributed by atoms with Crippen LogP contribution in [0.25, 0.3) is 10.8 Å². The number of carbonyl (C=O) groups excluding carboxylic acids is 1. The van der Waals surface area contributed by atoms with Gasteiger partial charge in [0.15, 0.2) is 0 Å². The zero-order valence-corrected chi connectivity index (χ0v) is 23.3. The first kappa shape index (κ1) is 30.4. The van der Waals surface area contributed by atoms with Crippen LogP contribution >= 0.6 is 0 Å². The van der Waals surface area contributed by atoms with Gasteiger partial charge in [0.2, 0.25) is 5.91 Å². The van der Waals surface area contributed by atoms with Gasteiger partial charge in [-0.15, -0.1) is 0 Å². The molecule has 226 valence electrons. The van der Waals surface area contributed by atoms with Crippen molar-refractivity contribution in [1.29, 1.82) is 0 Å². The molecule has 1 unspecified atom stereocenters. The lowest BCUT2D eigenvalue weighted by Gasteiger charge is -2.43. The largest absolute Gasteiger partial charge is 0.416 e. The molecule has 2 fully saturated rings. The summed E-state index contributed by atoms with van der Waals surface area (Å²) in [5, 5.41) is 4.93. The van der Waals surface area contributed by atoms with Gasteiger partial charge >= 0.3 is 12.4 Å². The third-order valence-corrected chi connectivity index (χ3v) is 8.53. The lowest BCUT2D eigenvalue weighted by atomic mass is 9.94. The van der Waals surface area contributed by atoms with Gasteiger partial charge in [0.25, 0.3) is 0 Å². The van der Waals surface area contributed by atoms with Gasteiger partial charge in [0, 0.05) is 25.7 Å². The zero-order chi connectivity index (χ0) is 29.9. The number of amides is 1. The van der Waals surface area contributed by atoms with Gasteiger partial charge in [-0.3, -0.25) is 9.69 Å². The summed E-state index contributed by atoms with van der Waals surface area (Å²) in [5.74, 6) is -0.629. The highest BCUT2D eigenvalue weighted by atomic mass is 19.4. The molecule has 1 N–H and O–H groups in total. The summed E-state index contributed by atoms with van der Waals surface area (Å²) in [6.45, 7) is 4.09. The molecule has 2 saturated heterocycles. The summed E-state index contributed by atoms with van der Waals surface area (Å²) in [7, 11) is 0. The second kappa shape index (κ2) is 12.6. The van der Waals surface area contributed by atoms with E-state index >= 15 is 0 Å². The normalized spacial score (nSPS) is 18.7. The third kappa shape index (κ3) is 7.26. The molecule has 4 nitrogen and oxygen atoms in total. The molecular weight excluding hydrogens is 556 g/mol. The van der Waals surface area contributed by atoms with E-state index in [1.807, 2.05) is 42.5 Å². The highest BCUT2D eigenvalue weighted by Gasteiger charge is 2.37. The minimum absolute atomic E-state index is 0.0749. The monoisotopic (exact) mass is 591 g/mol. The molecular formula is C32H35F6N3O. The first-order valence-electron chi connectivity index (χ1n) is 14.5. The average Bonchev–Trinajstić information content (AvgIpc) is 2.97. The molecule has 1 atom stereocenters. The fraction of sp³-hybridized carbons (Fsp3) is 0.469. The number of likely N-dealkylation sites (tertiary alicyclic amines) is 2. The highest BCUT2D eigenvalue weighted by molar-refractivity contribution is 5.86. The van der Waals surface area contributed by atoms with Gasteiger partial charge in [-0.2, -0.15) is 26.3 Å². The fourth-order valence-electron chi connectivity index (χ4n) is 6.40. The van der Waals surface area contributed by atoms with Crippen molar-refractivity contribution in [1.82, 2.24) is 15.1 Å². The van der Waals surface area contributed by atoms with E-state index in [0.717, 1.165) is 55.4 Å². The summed E-state index contributed by atoms with van der Waals surface area (Å²) in [6, 6.07) is 15.6. The average molecular weight is 592 g/mol. The minimum atomic E-state index is -4.97. The number of hydrogen-bond acceptors (Lipinski definition) is 3. The minimum Gasteiger partial charge on any atom is -0.354 e. The smallest absolute Gasteiger partial charge is 0.354 e. The van der Waals surface area contributed by atoms with E-state index in [1.54, 1.807) is 0 Å². The first-order valence-corrected chi connectivity index (χ1v) is 14.5. The maximum Gasteiger partial charge on any atom is 0.416 e. The number of fused-ring (bicyclic) bond motifs is 1. The Labute approximate surface area is 241 Å². The molecule has 0 radical (unpaired) electrons. The van der Waals surface area contributed by atoms with Crippen LogP contribution in [0.3, 0.4) is 0 Å². The van der Waals surface area contributed by atoms with Crippen molar-refractivity contribution in [3.63, 3.8) is 0 Å². The molecule has 42 heavy (non-hydrogen) atoms. The van der Waals surface area contributed by atoms with Gasteiger partial charge in [-0.1, -0.05) is 48.9 Å². The molecule has 0 aromatic heterocycles. The van der Waals surface area contributed by atoms with E-state index in [0.29, 0.717) is 18.2 Å². The van der Waals surface area contributed by atoms with E-state index in [2.05, 4.69) is 15.1 Å². The molecule has 0 spiro atoms. The molecule has 2 heterocycles. The number of benzene rings is 3. The second-order valence-corrected chi connectivity index (χ2v) is 11.3. The van der Waals surface area contributed by atoms with Crippen molar-refractivity contribution in [2.24, 2.45) is 0 Å².